The number of rotatable bonds is 3. The molecule has 1 heterocycles. The molecule has 0 saturated carbocycles. The van der Waals surface area contributed by atoms with Crippen LogP contribution in [-0.4, -0.2) is 37.4 Å². The summed E-state index contributed by atoms with van der Waals surface area (Å²) in [5.74, 6) is -1.39. The molecule has 1 aromatic rings. The number of anilines is 1. The van der Waals surface area contributed by atoms with Crippen molar-refractivity contribution in [1.29, 1.82) is 0 Å². The number of hydrogen-bond acceptors (Lipinski definition) is 6. The highest BCUT2D eigenvalue weighted by Crippen LogP contribution is 2.13. The Kier molecular flexibility index (Phi) is 2.95. The van der Waals surface area contributed by atoms with E-state index in [4.69, 9.17) is 15.9 Å². The van der Waals surface area contributed by atoms with Gasteiger partial charge in [0, 0.05) is 0 Å². The summed E-state index contributed by atoms with van der Waals surface area (Å²) in [6, 6.07) is 0. The fourth-order valence-electron chi connectivity index (χ4n) is 0.798. The first-order chi connectivity index (χ1) is 6.52. The molecule has 1 aromatic heterocycles. The second-order valence-electron chi connectivity index (χ2n) is 2.59. The van der Waals surface area contributed by atoms with Crippen LogP contribution in [-0.2, 0) is 4.79 Å². The van der Waals surface area contributed by atoms with Gasteiger partial charge in [-0.25, -0.2) is 9.78 Å². The molecule has 7 nitrogen and oxygen atoms in total. The number of aromatic nitrogens is 2. The first-order valence-electron chi connectivity index (χ1n) is 3.68. The van der Waals surface area contributed by atoms with E-state index in [0.29, 0.717) is 0 Å². The second-order valence-corrected chi connectivity index (χ2v) is 2.59. The lowest BCUT2D eigenvalue weighted by atomic mass is 10.1. The molecule has 0 spiro atoms. The monoisotopic (exact) mass is 199 g/mol. The van der Waals surface area contributed by atoms with Crippen LogP contribution in [0.1, 0.15) is 11.8 Å². The summed E-state index contributed by atoms with van der Waals surface area (Å²) in [6.45, 7) is 0. The number of nitrogens with zero attached hydrogens (tertiary/aromatic N) is 2. The SMILES string of the molecule is Nc1cnc(C(O)C(O)C(=O)O)cn1. The Morgan fingerprint density at radius 1 is 1.36 bits per heavy atom. The third kappa shape index (κ3) is 2.15. The van der Waals surface area contributed by atoms with Crippen LogP contribution < -0.4 is 5.73 Å². The number of nitrogens with two attached hydrogens (primary N) is 1. The predicted octanol–water partition coefficient (Wildman–Crippen LogP) is -1.46. The first-order valence-corrected chi connectivity index (χ1v) is 3.68. The van der Waals surface area contributed by atoms with Gasteiger partial charge in [0.1, 0.15) is 11.9 Å². The van der Waals surface area contributed by atoms with Gasteiger partial charge in [-0.3, -0.25) is 4.98 Å². The largest absolute Gasteiger partial charge is 0.479 e. The van der Waals surface area contributed by atoms with Crippen LogP contribution in [0.5, 0.6) is 0 Å². The maximum Gasteiger partial charge on any atom is 0.335 e. The fraction of sp³-hybridized carbons (Fsp3) is 0.286. The molecule has 0 radical (unpaired) electrons. The first kappa shape index (κ1) is 10.4. The van der Waals surface area contributed by atoms with Crippen molar-refractivity contribution < 1.29 is 20.1 Å². The lowest BCUT2D eigenvalue weighted by Gasteiger charge is -2.12. The summed E-state index contributed by atoms with van der Waals surface area (Å²) in [4.78, 5) is 17.5. The molecule has 0 saturated heterocycles. The molecule has 2 unspecified atom stereocenters. The molecule has 0 aliphatic rings. The average Bonchev–Trinajstić information content (AvgIpc) is 2.16. The van der Waals surface area contributed by atoms with Gasteiger partial charge in [-0.1, -0.05) is 0 Å². The zero-order valence-electron chi connectivity index (χ0n) is 7.03. The quantitative estimate of drug-likeness (QED) is 0.468. The topological polar surface area (TPSA) is 130 Å². The summed E-state index contributed by atoms with van der Waals surface area (Å²) >= 11 is 0. The molecule has 0 aromatic carbocycles. The van der Waals surface area contributed by atoms with Crippen molar-refractivity contribution >= 4 is 11.8 Å². The molecule has 0 aliphatic carbocycles. The summed E-state index contributed by atoms with van der Waals surface area (Å²) in [5, 5.41) is 26.6. The van der Waals surface area contributed by atoms with E-state index < -0.39 is 18.2 Å². The van der Waals surface area contributed by atoms with Crippen molar-refractivity contribution in [2.24, 2.45) is 0 Å². The molecule has 2 atom stereocenters. The normalized spacial score (nSPS) is 14.7. The van der Waals surface area contributed by atoms with E-state index in [9.17, 15) is 9.90 Å². The van der Waals surface area contributed by atoms with Gasteiger partial charge in [0.05, 0.1) is 18.1 Å². The molecule has 76 valence electrons. The van der Waals surface area contributed by atoms with Crippen molar-refractivity contribution in [2.75, 3.05) is 5.73 Å². The van der Waals surface area contributed by atoms with E-state index in [1.807, 2.05) is 0 Å². The zero-order chi connectivity index (χ0) is 10.7. The van der Waals surface area contributed by atoms with Crippen molar-refractivity contribution in [3.05, 3.63) is 18.1 Å². The highest BCUT2D eigenvalue weighted by Gasteiger charge is 2.26. The third-order valence-corrected chi connectivity index (χ3v) is 1.55. The third-order valence-electron chi connectivity index (χ3n) is 1.55. The van der Waals surface area contributed by atoms with E-state index in [1.165, 1.54) is 0 Å². The number of carbonyl (C=O) groups is 1. The van der Waals surface area contributed by atoms with E-state index in [-0.39, 0.29) is 11.5 Å². The standard InChI is InChI=1S/C7H9N3O4/c8-4-2-9-3(1-10-4)5(11)6(12)7(13)14/h1-2,5-6,11-12H,(H2,8,10)(H,13,14). The Hall–Kier alpha value is -1.73. The van der Waals surface area contributed by atoms with Crippen LogP contribution in [0.2, 0.25) is 0 Å². The number of aliphatic hydroxyl groups excluding tert-OH is 2. The minimum absolute atomic E-state index is 0.0471. The smallest absolute Gasteiger partial charge is 0.335 e. The number of aliphatic hydroxyl groups is 2. The van der Waals surface area contributed by atoms with Crippen molar-refractivity contribution in [3.8, 4) is 0 Å². The molecule has 5 N–H and O–H groups in total. The van der Waals surface area contributed by atoms with E-state index in [2.05, 4.69) is 9.97 Å². The fourth-order valence-corrected chi connectivity index (χ4v) is 0.798. The number of aliphatic carboxylic acids is 1. The molecule has 0 fully saturated rings. The van der Waals surface area contributed by atoms with Crippen molar-refractivity contribution in [1.82, 2.24) is 9.97 Å². The van der Waals surface area contributed by atoms with Gasteiger partial charge in [-0.2, -0.15) is 0 Å². The molecule has 0 bridgehead atoms. The van der Waals surface area contributed by atoms with Gasteiger partial charge in [0.15, 0.2) is 6.10 Å². The van der Waals surface area contributed by atoms with Crippen LogP contribution in [0.4, 0.5) is 5.82 Å². The number of nitrogen functional groups attached to an aromatic ring is 1. The molecule has 7 heteroatoms. The molecule has 14 heavy (non-hydrogen) atoms. The summed E-state index contributed by atoms with van der Waals surface area (Å²) in [5.41, 5.74) is 5.18. The van der Waals surface area contributed by atoms with Crippen LogP contribution in [0, 0.1) is 0 Å². The maximum absolute atomic E-state index is 10.3. The van der Waals surface area contributed by atoms with Crippen LogP contribution in [0.25, 0.3) is 0 Å². The second kappa shape index (κ2) is 3.99. The Balaban J connectivity index is 2.84. The van der Waals surface area contributed by atoms with Gasteiger partial charge in [-0.05, 0) is 0 Å². The zero-order valence-corrected chi connectivity index (χ0v) is 7.03. The minimum Gasteiger partial charge on any atom is -0.479 e. The maximum atomic E-state index is 10.3. The van der Waals surface area contributed by atoms with Gasteiger partial charge < -0.3 is 21.1 Å². The summed E-state index contributed by atoms with van der Waals surface area (Å²) in [7, 11) is 0. The van der Waals surface area contributed by atoms with Gasteiger partial charge in [0.25, 0.3) is 0 Å². The highest BCUT2D eigenvalue weighted by molar-refractivity contribution is 5.72. The van der Waals surface area contributed by atoms with Crippen LogP contribution >= 0.6 is 0 Å². The number of carboxylic acids is 1. The lowest BCUT2D eigenvalue weighted by molar-refractivity contribution is -0.153. The van der Waals surface area contributed by atoms with Crippen LogP contribution in [0.15, 0.2) is 12.4 Å². The van der Waals surface area contributed by atoms with Crippen molar-refractivity contribution in [2.45, 2.75) is 12.2 Å². The number of carboxylic acid groups (broad SMARTS) is 1. The van der Waals surface area contributed by atoms with E-state index in [0.717, 1.165) is 12.4 Å². The Bertz CT molecular complexity index is 326. The minimum atomic E-state index is -1.92. The molecular weight excluding hydrogens is 190 g/mol. The van der Waals surface area contributed by atoms with E-state index in [1.54, 1.807) is 0 Å². The van der Waals surface area contributed by atoms with Crippen molar-refractivity contribution in [3.63, 3.8) is 0 Å². The highest BCUT2D eigenvalue weighted by atomic mass is 16.4. The van der Waals surface area contributed by atoms with Crippen LogP contribution in [0.3, 0.4) is 0 Å². The average molecular weight is 199 g/mol. The lowest BCUT2D eigenvalue weighted by Crippen LogP contribution is -2.28. The summed E-state index contributed by atoms with van der Waals surface area (Å²) in [6.07, 6.45) is -1.27. The van der Waals surface area contributed by atoms with E-state index >= 15 is 0 Å². The molecule has 0 aliphatic heterocycles. The Morgan fingerprint density at radius 3 is 2.43 bits per heavy atom. The Labute approximate surface area is 78.8 Å². The number of hydrogen-bond donors (Lipinski definition) is 4. The molecular formula is C7H9N3O4. The Morgan fingerprint density at radius 2 is 2.00 bits per heavy atom. The molecule has 0 amide bonds. The summed E-state index contributed by atoms with van der Waals surface area (Å²) < 4.78 is 0. The van der Waals surface area contributed by atoms with Gasteiger partial charge in [-0.15, -0.1) is 0 Å². The predicted molar refractivity (Wildman–Crippen MR) is 45.0 cm³/mol. The molecule has 1 rings (SSSR count). The van der Waals surface area contributed by atoms with Gasteiger partial charge in [0.2, 0.25) is 0 Å². The van der Waals surface area contributed by atoms with Gasteiger partial charge >= 0.3 is 5.97 Å².